The molecule has 1 amide bonds. The van der Waals surface area contributed by atoms with Gasteiger partial charge in [-0.25, -0.2) is 14.5 Å². The Bertz CT molecular complexity index is 970. The van der Waals surface area contributed by atoms with Gasteiger partial charge in [-0.15, -0.1) is 16.4 Å². The highest BCUT2D eigenvalue weighted by Gasteiger charge is 2.19. The lowest BCUT2D eigenvalue weighted by Gasteiger charge is -2.14. The van der Waals surface area contributed by atoms with Gasteiger partial charge in [0.1, 0.15) is 0 Å². The van der Waals surface area contributed by atoms with Gasteiger partial charge in [-0.05, 0) is 20.1 Å². The zero-order valence-corrected chi connectivity index (χ0v) is 17.4. The Morgan fingerprint density at radius 1 is 1.27 bits per heavy atom. The fraction of sp³-hybridized carbons (Fsp3) is 0.471. The predicted octanol–water partition coefficient (Wildman–Crippen LogP) is 3.40. The number of rotatable bonds is 4. The molecule has 0 spiro atoms. The number of amides is 1. The van der Waals surface area contributed by atoms with Crippen molar-refractivity contribution < 1.29 is 4.79 Å². The SMILES string of the molecule is CSc1nc2nc(C)c(CC(=O)Nc3nc(C(C)(C)C)cs3)c(C)n2n1. The van der Waals surface area contributed by atoms with Gasteiger partial charge in [0.15, 0.2) is 5.13 Å². The maximum Gasteiger partial charge on any atom is 0.253 e. The molecule has 9 heteroatoms. The third-order valence-electron chi connectivity index (χ3n) is 4.07. The second-order valence-corrected chi connectivity index (χ2v) is 8.72. The summed E-state index contributed by atoms with van der Waals surface area (Å²) in [6, 6.07) is 0. The molecule has 0 radical (unpaired) electrons. The first-order valence-electron chi connectivity index (χ1n) is 8.21. The number of anilines is 1. The monoisotopic (exact) mass is 390 g/mol. The van der Waals surface area contributed by atoms with Crippen LogP contribution in [0.4, 0.5) is 5.13 Å². The number of carbonyl (C=O) groups is 1. The van der Waals surface area contributed by atoms with E-state index in [9.17, 15) is 4.79 Å². The van der Waals surface area contributed by atoms with Crippen LogP contribution in [-0.2, 0) is 16.6 Å². The van der Waals surface area contributed by atoms with Crippen LogP contribution in [0.5, 0.6) is 0 Å². The van der Waals surface area contributed by atoms with Crippen molar-refractivity contribution >= 4 is 39.9 Å². The van der Waals surface area contributed by atoms with E-state index in [0.717, 1.165) is 22.6 Å². The van der Waals surface area contributed by atoms with Gasteiger partial charge in [-0.2, -0.15) is 4.98 Å². The molecule has 3 heterocycles. The van der Waals surface area contributed by atoms with Crippen molar-refractivity contribution in [2.45, 2.75) is 51.6 Å². The quantitative estimate of drug-likeness (QED) is 0.687. The lowest BCUT2D eigenvalue weighted by atomic mass is 9.93. The van der Waals surface area contributed by atoms with Crippen molar-refractivity contribution in [3.8, 4) is 0 Å². The molecule has 0 saturated heterocycles. The van der Waals surface area contributed by atoms with Gasteiger partial charge in [-0.1, -0.05) is 32.5 Å². The van der Waals surface area contributed by atoms with Gasteiger partial charge < -0.3 is 5.32 Å². The van der Waals surface area contributed by atoms with Crippen LogP contribution in [0.25, 0.3) is 5.78 Å². The molecular formula is C17H22N6OS2. The molecule has 3 rings (SSSR count). The topological polar surface area (TPSA) is 85.1 Å². The summed E-state index contributed by atoms with van der Waals surface area (Å²) in [5, 5.41) is 10.6. The number of aromatic nitrogens is 5. The van der Waals surface area contributed by atoms with Crippen molar-refractivity contribution in [3.05, 3.63) is 28.0 Å². The lowest BCUT2D eigenvalue weighted by molar-refractivity contribution is -0.115. The zero-order valence-electron chi connectivity index (χ0n) is 15.7. The number of thioether (sulfide) groups is 1. The molecule has 0 saturated carbocycles. The van der Waals surface area contributed by atoms with Crippen LogP contribution >= 0.6 is 23.1 Å². The maximum absolute atomic E-state index is 12.5. The van der Waals surface area contributed by atoms with Crippen LogP contribution in [0, 0.1) is 13.8 Å². The summed E-state index contributed by atoms with van der Waals surface area (Å²) in [4.78, 5) is 25.9. The number of hydrogen-bond acceptors (Lipinski definition) is 7. The highest BCUT2D eigenvalue weighted by Crippen LogP contribution is 2.26. The summed E-state index contributed by atoms with van der Waals surface area (Å²) >= 11 is 2.91. The molecular weight excluding hydrogens is 368 g/mol. The summed E-state index contributed by atoms with van der Waals surface area (Å²) in [6.45, 7) is 10.1. The molecule has 0 unspecified atom stereocenters. The number of nitrogens with zero attached hydrogens (tertiary/aromatic N) is 5. The molecule has 138 valence electrons. The molecule has 0 bridgehead atoms. The third-order valence-corrected chi connectivity index (χ3v) is 5.36. The second-order valence-electron chi connectivity index (χ2n) is 7.08. The van der Waals surface area contributed by atoms with Gasteiger partial charge in [0.2, 0.25) is 11.1 Å². The Morgan fingerprint density at radius 2 is 2.00 bits per heavy atom. The Kier molecular flexibility index (Phi) is 5.03. The van der Waals surface area contributed by atoms with Crippen molar-refractivity contribution in [1.82, 2.24) is 24.6 Å². The lowest BCUT2D eigenvalue weighted by Crippen LogP contribution is -2.18. The third kappa shape index (κ3) is 3.73. The maximum atomic E-state index is 12.5. The molecule has 0 aliphatic rings. The minimum atomic E-state index is -0.114. The summed E-state index contributed by atoms with van der Waals surface area (Å²) in [5.74, 6) is 0.445. The Balaban J connectivity index is 1.82. The van der Waals surface area contributed by atoms with Crippen molar-refractivity contribution in [3.63, 3.8) is 0 Å². The Hall–Kier alpha value is -2.00. The minimum Gasteiger partial charge on any atom is -0.302 e. The average Bonchev–Trinajstić information content (AvgIpc) is 3.17. The number of nitrogens with one attached hydrogen (secondary N) is 1. The first kappa shape index (κ1) is 18.8. The van der Waals surface area contributed by atoms with E-state index >= 15 is 0 Å². The summed E-state index contributed by atoms with van der Waals surface area (Å²) in [5.41, 5.74) is 3.47. The summed E-state index contributed by atoms with van der Waals surface area (Å²) in [7, 11) is 0. The van der Waals surface area contributed by atoms with Gasteiger partial charge in [0.05, 0.1) is 12.1 Å². The van der Waals surface area contributed by atoms with Crippen LogP contribution in [-0.4, -0.2) is 36.7 Å². The van der Waals surface area contributed by atoms with Gasteiger partial charge in [0.25, 0.3) is 5.78 Å². The number of aryl methyl sites for hydroxylation is 2. The van der Waals surface area contributed by atoms with E-state index in [2.05, 4.69) is 46.1 Å². The molecule has 0 aliphatic heterocycles. The summed E-state index contributed by atoms with van der Waals surface area (Å²) in [6.07, 6.45) is 2.14. The van der Waals surface area contributed by atoms with E-state index in [-0.39, 0.29) is 17.7 Å². The van der Waals surface area contributed by atoms with Crippen LogP contribution < -0.4 is 5.32 Å². The highest BCUT2D eigenvalue weighted by molar-refractivity contribution is 7.98. The van der Waals surface area contributed by atoms with Crippen molar-refractivity contribution in [2.75, 3.05) is 11.6 Å². The van der Waals surface area contributed by atoms with E-state index in [4.69, 9.17) is 0 Å². The number of fused-ring (bicyclic) bond motifs is 1. The second kappa shape index (κ2) is 6.96. The van der Waals surface area contributed by atoms with Crippen LogP contribution in [0.15, 0.2) is 10.5 Å². The van der Waals surface area contributed by atoms with Gasteiger partial charge in [-0.3, -0.25) is 4.79 Å². The number of carbonyl (C=O) groups excluding carboxylic acids is 1. The minimum absolute atomic E-state index is 0.0380. The number of thiazole rings is 1. The molecule has 26 heavy (non-hydrogen) atoms. The zero-order chi connectivity index (χ0) is 19.1. The van der Waals surface area contributed by atoms with E-state index in [1.807, 2.05) is 25.5 Å². The van der Waals surface area contributed by atoms with Gasteiger partial charge >= 0.3 is 0 Å². The summed E-state index contributed by atoms with van der Waals surface area (Å²) < 4.78 is 1.70. The normalized spacial score (nSPS) is 11.9. The van der Waals surface area contributed by atoms with E-state index in [0.29, 0.717) is 16.1 Å². The highest BCUT2D eigenvalue weighted by atomic mass is 32.2. The van der Waals surface area contributed by atoms with Crippen LogP contribution in [0.1, 0.15) is 43.4 Å². The Labute approximate surface area is 160 Å². The predicted molar refractivity (Wildman–Crippen MR) is 105 cm³/mol. The molecule has 7 nitrogen and oxygen atoms in total. The smallest absolute Gasteiger partial charge is 0.253 e. The number of hydrogen-bond donors (Lipinski definition) is 1. The van der Waals surface area contributed by atoms with E-state index in [1.165, 1.54) is 23.1 Å². The molecule has 0 aliphatic carbocycles. The molecule has 3 aromatic rings. The fourth-order valence-electron chi connectivity index (χ4n) is 2.53. The Morgan fingerprint density at radius 3 is 2.62 bits per heavy atom. The first-order valence-corrected chi connectivity index (χ1v) is 10.3. The largest absolute Gasteiger partial charge is 0.302 e. The molecule has 0 aromatic carbocycles. The molecule has 0 atom stereocenters. The fourth-order valence-corrected chi connectivity index (χ4v) is 3.82. The van der Waals surface area contributed by atoms with Crippen molar-refractivity contribution in [1.29, 1.82) is 0 Å². The van der Waals surface area contributed by atoms with E-state index < -0.39 is 0 Å². The standard InChI is InChI=1S/C17H22N6OS2/c1-9-11(10(2)23-14(18-9)21-16(22-23)25-6)7-13(24)20-15-19-12(8-26-15)17(3,4)5/h8H,7H2,1-6H3,(H,19,20,24). The molecule has 3 aromatic heterocycles. The van der Waals surface area contributed by atoms with Crippen molar-refractivity contribution in [2.24, 2.45) is 0 Å². The van der Waals surface area contributed by atoms with Crippen LogP contribution in [0.2, 0.25) is 0 Å². The van der Waals surface area contributed by atoms with Crippen LogP contribution in [0.3, 0.4) is 0 Å². The average molecular weight is 391 g/mol. The first-order chi connectivity index (χ1) is 12.2. The van der Waals surface area contributed by atoms with Gasteiger partial charge in [0, 0.05) is 27.7 Å². The molecule has 1 N–H and O–H groups in total. The molecule has 0 fully saturated rings. The van der Waals surface area contributed by atoms with E-state index in [1.54, 1.807) is 4.52 Å².